The smallest absolute Gasteiger partial charge is 0.257 e. The lowest BCUT2D eigenvalue weighted by Crippen LogP contribution is -2.13. The van der Waals surface area contributed by atoms with Crippen LogP contribution in [0, 0.1) is 0 Å². The van der Waals surface area contributed by atoms with Gasteiger partial charge in [0.05, 0.1) is 23.3 Å². The average Bonchev–Trinajstić information content (AvgIpc) is 3.08. The molecule has 0 aliphatic carbocycles. The second kappa shape index (κ2) is 7.25. The summed E-state index contributed by atoms with van der Waals surface area (Å²) >= 11 is 0. The molecule has 134 valence electrons. The quantitative estimate of drug-likeness (QED) is 0.592. The van der Waals surface area contributed by atoms with Crippen LogP contribution in [0.25, 0.3) is 11.2 Å². The van der Waals surface area contributed by atoms with Crippen LogP contribution in [0.2, 0.25) is 0 Å². The van der Waals surface area contributed by atoms with Gasteiger partial charge in [0.2, 0.25) is 0 Å². The van der Waals surface area contributed by atoms with Gasteiger partial charge in [0.1, 0.15) is 17.9 Å². The topological polar surface area (TPSA) is 81.9 Å². The van der Waals surface area contributed by atoms with Gasteiger partial charge in [-0.1, -0.05) is 18.2 Å². The number of ether oxygens (including phenoxy) is 1. The molecule has 0 spiro atoms. The standard InChI is InChI=1S/C20H17N5O2/c1-25-13-23-17-10-14(11-22-19(17)25)20(26)24-16-7-2-3-8-18(16)27-12-15-6-4-5-9-21-15/h2-11,13H,12H2,1H3,(H,24,26). The van der Waals surface area contributed by atoms with Crippen LogP contribution >= 0.6 is 0 Å². The molecule has 0 saturated carbocycles. The third kappa shape index (κ3) is 3.62. The Kier molecular flexibility index (Phi) is 4.49. The molecule has 0 aliphatic heterocycles. The first-order valence-electron chi connectivity index (χ1n) is 8.41. The van der Waals surface area contributed by atoms with Crippen LogP contribution in [0.4, 0.5) is 5.69 Å². The van der Waals surface area contributed by atoms with Crippen LogP contribution < -0.4 is 10.1 Å². The number of aromatic nitrogens is 4. The summed E-state index contributed by atoms with van der Waals surface area (Å²) in [6, 6.07) is 14.6. The van der Waals surface area contributed by atoms with Gasteiger partial charge in [-0.25, -0.2) is 9.97 Å². The van der Waals surface area contributed by atoms with Crippen molar-refractivity contribution in [3.8, 4) is 5.75 Å². The highest BCUT2D eigenvalue weighted by Crippen LogP contribution is 2.25. The SMILES string of the molecule is Cn1cnc2cc(C(=O)Nc3ccccc3OCc3ccccn3)cnc21. The highest BCUT2D eigenvalue weighted by atomic mass is 16.5. The van der Waals surface area contributed by atoms with Gasteiger partial charge in [-0.3, -0.25) is 9.78 Å². The van der Waals surface area contributed by atoms with Crippen molar-refractivity contribution in [3.63, 3.8) is 0 Å². The summed E-state index contributed by atoms with van der Waals surface area (Å²) in [5.41, 5.74) is 3.22. The summed E-state index contributed by atoms with van der Waals surface area (Å²) in [5, 5.41) is 2.88. The Balaban J connectivity index is 1.52. The molecule has 0 aliphatic rings. The maximum atomic E-state index is 12.6. The number of carbonyl (C=O) groups excluding carboxylic acids is 1. The molecule has 0 bridgehead atoms. The number of hydrogen-bond donors (Lipinski definition) is 1. The van der Waals surface area contributed by atoms with Crippen molar-refractivity contribution in [1.29, 1.82) is 0 Å². The second-order valence-corrected chi connectivity index (χ2v) is 5.98. The van der Waals surface area contributed by atoms with Gasteiger partial charge in [-0.15, -0.1) is 0 Å². The normalized spacial score (nSPS) is 10.7. The minimum atomic E-state index is -0.274. The molecule has 4 rings (SSSR count). The van der Waals surface area contributed by atoms with Gasteiger partial charge in [0.15, 0.2) is 5.65 Å². The first-order valence-corrected chi connectivity index (χ1v) is 8.41. The van der Waals surface area contributed by atoms with Crippen molar-refractivity contribution < 1.29 is 9.53 Å². The molecule has 7 nitrogen and oxygen atoms in total. The molecule has 0 atom stereocenters. The van der Waals surface area contributed by atoms with Gasteiger partial charge >= 0.3 is 0 Å². The lowest BCUT2D eigenvalue weighted by Gasteiger charge is -2.12. The van der Waals surface area contributed by atoms with Crippen LogP contribution in [-0.4, -0.2) is 25.4 Å². The van der Waals surface area contributed by atoms with Gasteiger partial charge in [0.25, 0.3) is 5.91 Å². The first-order chi connectivity index (χ1) is 13.2. The van der Waals surface area contributed by atoms with E-state index in [1.165, 1.54) is 6.20 Å². The van der Waals surface area contributed by atoms with E-state index in [0.29, 0.717) is 29.1 Å². The fourth-order valence-electron chi connectivity index (χ4n) is 2.67. The molecular weight excluding hydrogens is 342 g/mol. The third-order valence-corrected chi connectivity index (χ3v) is 4.05. The molecular formula is C20H17N5O2. The largest absolute Gasteiger partial charge is 0.485 e. The van der Waals surface area contributed by atoms with Crippen molar-refractivity contribution in [2.45, 2.75) is 6.61 Å². The van der Waals surface area contributed by atoms with E-state index in [1.807, 2.05) is 37.4 Å². The Hall–Kier alpha value is -3.74. The zero-order chi connectivity index (χ0) is 18.6. The molecule has 27 heavy (non-hydrogen) atoms. The summed E-state index contributed by atoms with van der Waals surface area (Å²) < 4.78 is 7.63. The van der Waals surface area contributed by atoms with E-state index in [4.69, 9.17) is 4.74 Å². The van der Waals surface area contributed by atoms with Crippen LogP contribution in [0.1, 0.15) is 16.1 Å². The molecule has 1 N–H and O–H groups in total. The number of hydrogen-bond acceptors (Lipinski definition) is 5. The summed E-state index contributed by atoms with van der Waals surface area (Å²) in [6.07, 6.45) is 4.92. The Bertz CT molecular complexity index is 1090. The number of aryl methyl sites for hydroxylation is 1. The zero-order valence-corrected chi connectivity index (χ0v) is 14.7. The maximum absolute atomic E-state index is 12.6. The molecule has 4 aromatic rings. The van der Waals surface area contributed by atoms with Gasteiger partial charge in [0, 0.05) is 19.4 Å². The molecule has 7 heteroatoms. The monoisotopic (exact) mass is 359 g/mol. The van der Waals surface area contributed by atoms with E-state index in [0.717, 1.165) is 11.3 Å². The minimum Gasteiger partial charge on any atom is -0.485 e. The number of imidazole rings is 1. The average molecular weight is 359 g/mol. The second-order valence-electron chi connectivity index (χ2n) is 5.98. The van der Waals surface area contributed by atoms with E-state index in [1.54, 1.807) is 35.3 Å². The lowest BCUT2D eigenvalue weighted by molar-refractivity contribution is 0.102. The van der Waals surface area contributed by atoms with E-state index in [9.17, 15) is 4.79 Å². The summed E-state index contributed by atoms with van der Waals surface area (Å²) in [6.45, 7) is 0.315. The van der Waals surface area contributed by atoms with Crippen molar-refractivity contribution >= 4 is 22.8 Å². The molecule has 0 fully saturated rings. The number of nitrogens with one attached hydrogen (secondary N) is 1. The Morgan fingerprint density at radius 3 is 2.81 bits per heavy atom. The van der Waals surface area contributed by atoms with E-state index < -0.39 is 0 Å². The number of rotatable bonds is 5. The number of fused-ring (bicyclic) bond motifs is 1. The minimum absolute atomic E-state index is 0.274. The Labute approximate surface area is 155 Å². The van der Waals surface area contributed by atoms with Crippen LogP contribution in [-0.2, 0) is 13.7 Å². The Morgan fingerprint density at radius 1 is 1.11 bits per heavy atom. The van der Waals surface area contributed by atoms with Crippen molar-refractivity contribution in [2.75, 3.05) is 5.32 Å². The molecule has 1 aromatic carbocycles. The van der Waals surface area contributed by atoms with Crippen LogP contribution in [0.3, 0.4) is 0 Å². The zero-order valence-electron chi connectivity index (χ0n) is 14.7. The van der Waals surface area contributed by atoms with E-state index in [-0.39, 0.29) is 5.91 Å². The fourth-order valence-corrected chi connectivity index (χ4v) is 2.67. The summed E-state index contributed by atoms with van der Waals surface area (Å²) in [7, 11) is 1.86. The number of benzene rings is 1. The highest BCUT2D eigenvalue weighted by molar-refractivity contribution is 6.06. The summed E-state index contributed by atoms with van der Waals surface area (Å²) in [5.74, 6) is 0.298. The number of anilines is 1. The molecule has 3 aromatic heterocycles. The van der Waals surface area contributed by atoms with E-state index >= 15 is 0 Å². The van der Waals surface area contributed by atoms with Crippen molar-refractivity contribution in [2.24, 2.45) is 7.05 Å². The van der Waals surface area contributed by atoms with Gasteiger partial charge in [-0.2, -0.15) is 0 Å². The summed E-state index contributed by atoms with van der Waals surface area (Å²) in [4.78, 5) is 25.4. The third-order valence-electron chi connectivity index (χ3n) is 4.05. The Morgan fingerprint density at radius 2 is 1.96 bits per heavy atom. The highest BCUT2D eigenvalue weighted by Gasteiger charge is 2.12. The van der Waals surface area contributed by atoms with E-state index in [2.05, 4.69) is 20.3 Å². The van der Waals surface area contributed by atoms with Crippen molar-refractivity contribution in [1.82, 2.24) is 19.5 Å². The molecule has 0 unspecified atom stereocenters. The van der Waals surface area contributed by atoms with Crippen LogP contribution in [0.5, 0.6) is 5.75 Å². The lowest BCUT2D eigenvalue weighted by atomic mass is 10.2. The molecule has 3 heterocycles. The van der Waals surface area contributed by atoms with Crippen molar-refractivity contribution in [3.05, 3.63) is 78.5 Å². The number of nitrogens with zero attached hydrogens (tertiary/aromatic N) is 4. The van der Waals surface area contributed by atoms with Gasteiger partial charge in [-0.05, 0) is 30.3 Å². The molecule has 0 saturated heterocycles. The fraction of sp³-hybridized carbons (Fsp3) is 0.100. The predicted molar refractivity (Wildman–Crippen MR) is 101 cm³/mol. The number of amides is 1. The number of para-hydroxylation sites is 2. The number of pyridine rings is 2. The molecule has 1 amide bonds. The number of carbonyl (C=O) groups is 1. The molecule has 0 radical (unpaired) electrons. The first kappa shape index (κ1) is 16.7. The van der Waals surface area contributed by atoms with Crippen LogP contribution in [0.15, 0.2) is 67.3 Å². The van der Waals surface area contributed by atoms with Gasteiger partial charge < -0.3 is 14.6 Å². The predicted octanol–water partition coefficient (Wildman–Crippen LogP) is 3.19. The maximum Gasteiger partial charge on any atom is 0.257 e.